The van der Waals surface area contributed by atoms with E-state index in [-0.39, 0.29) is 0 Å². The Kier molecular flexibility index (Phi) is 9.73. The van der Waals surface area contributed by atoms with Crippen LogP contribution >= 0.6 is 0 Å². The zero-order valence-electron chi connectivity index (χ0n) is 10.7. The Morgan fingerprint density at radius 3 is 1.93 bits per heavy atom. The Hall–Kier alpha value is -1.45. The molecule has 0 aliphatic rings. The van der Waals surface area contributed by atoms with Gasteiger partial charge < -0.3 is 0 Å². The fourth-order valence-corrected chi connectivity index (χ4v) is 0.793. The molecule has 0 atom stereocenters. The van der Waals surface area contributed by atoms with E-state index in [1.165, 1.54) is 0 Å². The molecule has 0 spiro atoms. The Morgan fingerprint density at radius 1 is 1.20 bits per heavy atom. The minimum absolute atomic E-state index is 0.664. The maximum absolute atomic E-state index is 3.87. The maximum Gasteiger partial charge on any atom is 0.180 e. The van der Waals surface area contributed by atoms with Crippen LogP contribution in [0.25, 0.3) is 5.57 Å². The van der Waals surface area contributed by atoms with E-state index in [9.17, 15) is 0 Å². The van der Waals surface area contributed by atoms with Gasteiger partial charge in [-0.2, -0.15) is 9.78 Å². The second-order valence-corrected chi connectivity index (χ2v) is 2.30. The van der Waals surface area contributed by atoms with Gasteiger partial charge in [0.05, 0.1) is 0 Å². The lowest BCUT2D eigenvalue weighted by atomic mass is 10.3. The van der Waals surface area contributed by atoms with Crippen LogP contribution in [0.5, 0.6) is 0 Å². The van der Waals surface area contributed by atoms with Gasteiger partial charge in [-0.15, -0.1) is 10.2 Å². The minimum Gasteiger partial charge on any atom is -0.198 e. The maximum atomic E-state index is 3.87. The molecule has 0 aromatic carbocycles. The monoisotopic (exact) mass is 210 g/mol. The van der Waals surface area contributed by atoms with Gasteiger partial charge >= 0.3 is 0 Å². The number of rotatable bonds is 2. The topological polar surface area (TPSA) is 43.1 Å². The van der Waals surface area contributed by atoms with E-state index in [2.05, 4.69) is 28.6 Å². The molecule has 0 amide bonds. The molecule has 1 aromatic rings. The molecule has 1 aromatic heterocycles. The number of hydrogen-bond acceptors (Lipinski definition) is 3. The third-order valence-electron chi connectivity index (χ3n) is 1.32. The van der Waals surface area contributed by atoms with E-state index >= 15 is 0 Å². The van der Waals surface area contributed by atoms with Crippen LogP contribution in [-0.2, 0) is 0 Å². The quantitative estimate of drug-likeness (QED) is 0.704. The number of aryl methyl sites for hydroxylation is 1. The fraction of sp³-hybridized carbons (Fsp3) is 0.545. The molecule has 4 heteroatoms. The highest BCUT2D eigenvalue weighted by Gasteiger charge is 2.06. The molecule has 0 saturated heterocycles. The Balaban J connectivity index is 0. The normalized spacial score (nSPS) is 7.87. The highest BCUT2D eigenvalue weighted by Crippen LogP contribution is 2.08. The number of aromatic nitrogens is 3. The molecule has 0 N–H and O–H groups in total. The molecule has 0 aliphatic carbocycles. The Morgan fingerprint density at radius 2 is 1.67 bits per heavy atom. The molecule has 86 valence electrons. The second kappa shape index (κ2) is 9.12. The molecule has 0 bridgehead atoms. The zero-order chi connectivity index (χ0) is 12.4. The molecular weight excluding hydrogens is 188 g/mol. The summed E-state index contributed by atoms with van der Waals surface area (Å²) in [5.41, 5.74) is 0.831. The van der Waals surface area contributed by atoms with Crippen LogP contribution in [0.15, 0.2) is 11.7 Å². The third kappa shape index (κ3) is 4.54. The Bertz CT molecular complexity index is 300. The summed E-state index contributed by atoms with van der Waals surface area (Å²) in [6.07, 6.45) is 0. The van der Waals surface area contributed by atoms with E-state index in [4.69, 9.17) is 0 Å². The number of nitrogens with zero attached hydrogens (tertiary/aromatic N) is 4. The highest BCUT2D eigenvalue weighted by atomic mass is 15.4. The van der Waals surface area contributed by atoms with Crippen LogP contribution in [0.1, 0.15) is 46.3 Å². The minimum atomic E-state index is 0.664. The standard InChI is InChI=1S/C7H10N4.2C2H6/c1-5(2)7-10-9-6(3)11(7)8-4;2*1-2/h1,4H2,2-3H3;2*1-2H3. The summed E-state index contributed by atoms with van der Waals surface area (Å²) in [5, 5.41) is 11.4. The van der Waals surface area contributed by atoms with Crippen molar-refractivity contribution in [1.82, 2.24) is 14.9 Å². The van der Waals surface area contributed by atoms with Crippen molar-refractivity contribution in [3.8, 4) is 0 Å². The van der Waals surface area contributed by atoms with E-state index in [1.54, 1.807) is 4.68 Å². The number of allylic oxidation sites excluding steroid dienone is 1. The fourth-order valence-electron chi connectivity index (χ4n) is 0.793. The zero-order valence-corrected chi connectivity index (χ0v) is 10.7. The van der Waals surface area contributed by atoms with Gasteiger partial charge in [0.2, 0.25) is 0 Å². The van der Waals surface area contributed by atoms with Crippen molar-refractivity contribution in [2.24, 2.45) is 5.10 Å². The highest BCUT2D eigenvalue weighted by molar-refractivity contribution is 5.54. The van der Waals surface area contributed by atoms with Crippen LogP contribution in [0, 0.1) is 6.92 Å². The third-order valence-corrected chi connectivity index (χ3v) is 1.32. The molecule has 4 nitrogen and oxygen atoms in total. The lowest BCUT2D eigenvalue weighted by Crippen LogP contribution is -1.95. The molecule has 1 heterocycles. The van der Waals surface area contributed by atoms with Crippen LogP contribution in [0.2, 0.25) is 0 Å². The van der Waals surface area contributed by atoms with Crippen molar-refractivity contribution in [1.29, 1.82) is 0 Å². The molecule has 0 aliphatic heterocycles. The van der Waals surface area contributed by atoms with Gasteiger partial charge in [-0.3, -0.25) is 0 Å². The predicted molar refractivity (Wildman–Crippen MR) is 67.1 cm³/mol. The van der Waals surface area contributed by atoms with Crippen molar-refractivity contribution in [2.45, 2.75) is 41.5 Å². The van der Waals surface area contributed by atoms with Crippen molar-refractivity contribution < 1.29 is 0 Å². The summed E-state index contributed by atoms with van der Waals surface area (Å²) in [5.74, 6) is 1.38. The largest absolute Gasteiger partial charge is 0.198 e. The summed E-state index contributed by atoms with van der Waals surface area (Å²) < 4.78 is 1.56. The first-order valence-corrected chi connectivity index (χ1v) is 5.21. The van der Waals surface area contributed by atoms with Crippen LogP contribution < -0.4 is 0 Å². The first-order valence-electron chi connectivity index (χ1n) is 5.21. The summed E-state index contributed by atoms with van der Waals surface area (Å²) in [6.45, 7) is 18.8. The number of hydrogen-bond donors (Lipinski definition) is 0. The van der Waals surface area contributed by atoms with Crippen LogP contribution in [0.3, 0.4) is 0 Å². The van der Waals surface area contributed by atoms with Gasteiger partial charge in [0.1, 0.15) is 0 Å². The summed E-state index contributed by atoms with van der Waals surface area (Å²) in [7, 11) is 0. The molecule has 0 saturated carbocycles. The lowest BCUT2D eigenvalue weighted by molar-refractivity contribution is 0.822. The van der Waals surface area contributed by atoms with E-state index < -0.39 is 0 Å². The van der Waals surface area contributed by atoms with E-state index in [1.807, 2.05) is 41.5 Å². The summed E-state index contributed by atoms with van der Waals surface area (Å²) in [6, 6.07) is 0. The average molecular weight is 210 g/mol. The SMILES string of the molecule is C=Nn1c(C)nnc1C(=C)C.CC.CC. The molecule has 0 unspecified atom stereocenters. The van der Waals surface area contributed by atoms with Gasteiger partial charge in [0.25, 0.3) is 0 Å². The van der Waals surface area contributed by atoms with Gasteiger partial charge in [-0.05, 0) is 19.4 Å². The first kappa shape index (κ1) is 16.0. The lowest BCUT2D eigenvalue weighted by Gasteiger charge is -1.97. The van der Waals surface area contributed by atoms with Crippen LogP contribution in [-0.4, -0.2) is 21.6 Å². The molecule has 0 radical (unpaired) electrons. The predicted octanol–water partition coefficient (Wildman–Crippen LogP) is 3.14. The van der Waals surface area contributed by atoms with Crippen molar-refractivity contribution >= 4 is 12.3 Å². The first-order chi connectivity index (χ1) is 7.16. The van der Waals surface area contributed by atoms with Gasteiger partial charge in [0.15, 0.2) is 11.6 Å². The Labute approximate surface area is 92.7 Å². The van der Waals surface area contributed by atoms with E-state index in [0.717, 1.165) is 11.4 Å². The molecule has 1 rings (SSSR count). The smallest absolute Gasteiger partial charge is 0.180 e. The van der Waals surface area contributed by atoms with Gasteiger partial charge in [-0.25, -0.2) is 0 Å². The molecule has 15 heavy (non-hydrogen) atoms. The van der Waals surface area contributed by atoms with E-state index in [0.29, 0.717) is 5.82 Å². The second-order valence-electron chi connectivity index (χ2n) is 2.30. The van der Waals surface area contributed by atoms with Crippen LogP contribution in [0.4, 0.5) is 0 Å². The summed E-state index contributed by atoms with van der Waals surface area (Å²) in [4.78, 5) is 0. The van der Waals surface area contributed by atoms with Gasteiger partial charge in [-0.1, -0.05) is 34.3 Å². The summed E-state index contributed by atoms with van der Waals surface area (Å²) >= 11 is 0. The average Bonchev–Trinajstić information content (AvgIpc) is 2.65. The molecular formula is C11H22N4. The molecule has 0 fully saturated rings. The van der Waals surface area contributed by atoms with Crippen molar-refractivity contribution in [3.05, 3.63) is 18.2 Å². The van der Waals surface area contributed by atoms with Crippen molar-refractivity contribution in [2.75, 3.05) is 0 Å². The van der Waals surface area contributed by atoms with Gasteiger partial charge in [0, 0.05) is 6.72 Å². The van der Waals surface area contributed by atoms with Crippen molar-refractivity contribution in [3.63, 3.8) is 0 Å².